The molecular formula is C22H22N2O2. The van der Waals surface area contributed by atoms with Gasteiger partial charge < -0.3 is 9.64 Å². The Morgan fingerprint density at radius 1 is 1.12 bits per heavy atom. The fourth-order valence-corrected chi connectivity index (χ4v) is 3.67. The summed E-state index contributed by atoms with van der Waals surface area (Å²) in [4.78, 5) is 19.5. The summed E-state index contributed by atoms with van der Waals surface area (Å²) in [6.07, 6.45) is 4.00. The van der Waals surface area contributed by atoms with E-state index in [-0.39, 0.29) is 11.8 Å². The molecule has 1 unspecified atom stereocenters. The van der Waals surface area contributed by atoms with Gasteiger partial charge in [-0.1, -0.05) is 30.3 Å². The van der Waals surface area contributed by atoms with Crippen molar-refractivity contribution in [1.29, 1.82) is 0 Å². The standard InChI is InChI=1S/C22H22N2O2/c1-26-20-10-4-8-17(12-20)22(25)24-11-5-9-19(15-24)21-13-16-6-2-3-7-18(16)14-23-21/h2-4,6-8,10,12-14,19H,5,9,11,15H2,1H3. The molecule has 26 heavy (non-hydrogen) atoms. The molecule has 1 atom stereocenters. The predicted octanol–water partition coefficient (Wildman–Crippen LogP) is 4.26. The van der Waals surface area contributed by atoms with Crippen molar-refractivity contribution in [2.24, 2.45) is 0 Å². The monoisotopic (exact) mass is 346 g/mol. The lowest BCUT2D eigenvalue weighted by Crippen LogP contribution is -2.39. The van der Waals surface area contributed by atoms with Crippen molar-refractivity contribution in [1.82, 2.24) is 9.88 Å². The molecule has 1 aliphatic rings. The van der Waals surface area contributed by atoms with E-state index >= 15 is 0 Å². The zero-order valence-electron chi connectivity index (χ0n) is 14.9. The second-order valence-electron chi connectivity index (χ2n) is 6.78. The van der Waals surface area contributed by atoms with Crippen LogP contribution in [0.4, 0.5) is 0 Å². The summed E-state index contributed by atoms with van der Waals surface area (Å²) in [5.41, 5.74) is 1.75. The fraction of sp³-hybridized carbons (Fsp3) is 0.273. The van der Waals surface area contributed by atoms with Crippen LogP contribution in [-0.4, -0.2) is 36.0 Å². The minimum absolute atomic E-state index is 0.0642. The second kappa shape index (κ2) is 7.16. The first-order chi connectivity index (χ1) is 12.7. The highest BCUT2D eigenvalue weighted by molar-refractivity contribution is 5.94. The first kappa shape index (κ1) is 16.6. The quantitative estimate of drug-likeness (QED) is 0.711. The highest BCUT2D eigenvalue weighted by Crippen LogP contribution is 2.28. The molecule has 0 bridgehead atoms. The van der Waals surface area contributed by atoms with Crippen molar-refractivity contribution in [2.75, 3.05) is 20.2 Å². The number of fused-ring (bicyclic) bond motifs is 1. The van der Waals surface area contributed by atoms with Crippen molar-refractivity contribution >= 4 is 16.7 Å². The van der Waals surface area contributed by atoms with Crippen molar-refractivity contribution in [3.8, 4) is 5.75 Å². The van der Waals surface area contributed by atoms with Gasteiger partial charge >= 0.3 is 0 Å². The van der Waals surface area contributed by atoms with Crippen LogP contribution < -0.4 is 4.74 Å². The predicted molar refractivity (Wildman–Crippen MR) is 103 cm³/mol. The van der Waals surface area contributed by atoms with Crippen LogP contribution in [0.5, 0.6) is 5.75 Å². The first-order valence-electron chi connectivity index (χ1n) is 9.02. The number of ether oxygens (including phenoxy) is 1. The molecule has 3 aromatic rings. The molecule has 1 fully saturated rings. The first-order valence-corrected chi connectivity index (χ1v) is 9.02. The lowest BCUT2D eigenvalue weighted by Gasteiger charge is -2.32. The molecule has 4 nitrogen and oxygen atoms in total. The van der Waals surface area contributed by atoms with E-state index in [1.165, 1.54) is 5.39 Å². The molecule has 0 spiro atoms. The van der Waals surface area contributed by atoms with Crippen molar-refractivity contribution < 1.29 is 9.53 Å². The molecule has 1 saturated heterocycles. The Morgan fingerprint density at radius 3 is 2.81 bits per heavy atom. The van der Waals surface area contributed by atoms with Crippen LogP contribution in [0.25, 0.3) is 10.8 Å². The molecule has 132 valence electrons. The summed E-state index contributed by atoms with van der Waals surface area (Å²) < 4.78 is 5.24. The van der Waals surface area contributed by atoms with Gasteiger partial charge in [0.1, 0.15) is 5.75 Å². The van der Waals surface area contributed by atoms with Crippen molar-refractivity contribution in [3.63, 3.8) is 0 Å². The lowest BCUT2D eigenvalue weighted by atomic mass is 9.93. The number of nitrogens with zero attached hydrogens (tertiary/aromatic N) is 2. The number of piperidine rings is 1. The third kappa shape index (κ3) is 3.27. The Balaban J connectivity index is 1.55. The SMILES string of the molecule is COc1cccc(C(=O)N2CCCC(c3cc4ccccc4cn3)C2)c1. The number of amides is 1. The Hall–Kier alpha value is -2.88. The smallest absolute Gasteiger partial charge is 0.254 e. The highest BCUT2D eigenvalue weighted by atomic mass is 16.5. The van der Waals surface area contributed by atoms with Gasteiger partial charge in [-0.05, 0) is 42.5 Å². The van der Waals surface area contributed by atoms with E-state index in [0.717, 1.165) is 30.5 Å². The molecule has 1 aromatic heterocycles. The van der Waals surface area contributed by atoms with Crippen LogP contribution in [0.3, 0.4) is 0 Å². The van der Waals surface area contributed by atoms with Gasteiger partial charge in [0.05, 0.1) is 7.11 Å². The van der Waals surface area contributed by atoms with Gasteiger partial charge in [0.15, 0.2) is 0 Å². The minimum atomic E-state index is 0.0642. The number of benzene rings is 2. The number of carbonyl (C=O) groups is 1. The Labute approximate surface area is 153 Å². The molecule has 4 heteroatoms. The minimum Gasteiger partial charge on any atom is -0.497 e. The maximum atomic E-state index is 12.9. The largest absolute Gasteiger partial charge is 0.497 e. The van der Waals surface area contributed by atoms with Crippen LogP contribution in [0, 0.1) is 0 Å². The average molecular weight is 346 g/mol. The number of hydrogen-bond donors (Lipinski definition) is 0. The zero-order valence-corrected chi connectivity index (χ0v) is 14.9. The summed E-state index contributed by atoms with van der Waals surface area (Å²) in [5, 5.41) is 2.35. The summed E-state index contributed by atoms with van der Waals surface area (Å²) in [6.45, 7) is 1.50. The summed E-state index contributed by atoms with van der Waals surface area (Å²) in [7, 11) is 1.62. The average Bonchev–Trinajstić information content (AvgIpc) is 2.73. The van der Waals surface area contributed by atoms with Gasteiger partial charge in [-0.15, -0.1) is 0 Å². The Kier molecular flexibility index (Phi) is 4.57. The molecular weight excluding hydrogens is 324 g/mol. The van der Waals surface area contributed by atoms with Gasteiger partial charge in [-0.2, -0.15) is 0 Å². The molecule has 2 aromatic carbocycles. The lowest BCUT2D eigenvalue weighted by molar-refractivity contribution is 0.0705. The molecule has 2 heterocycles. The van der Waals surface area contributed by atoms with Gasteiger partial charge in [0.25, 0.3) is 5.91 Å². The third-order valence-corrected chi connectivity index (χ3v) is 5.10. The van der Waals surface area contributed by atoms with Crippen LogP contribution in [-0.2, 0) is 0 Å². The highest BCUT2D eigenvalue weighted by Gasteiger charge is 2.26. The van der Waals surface area contributed by atoms with E-state index in [0.29, 0.717) is 17.9 Å². The van der Waals surface area contributed by atoms with E-state index in [4.69, 9.17) is 4.74 Å². The van der Waals surface area contributed by atoms with Crippen LogP contribution in [0.15, 0.2) is 60.8 Å². The van der Waals surface area contributed by atoms with Gasteiger partial charge in [0, 0.05) is 41.8 Å². The normalized spacial score (nSPS) is 17.3. The number of aromatic nitrogens is 1. The van der Waals surface area contributed by atoms with Gasteiger partial charge in [-0.25, -0.2) is 0 Å². The van der Waals surface area contributed by atoms with E-state index < -0.39 is 0 Å². The number of likely N-dealkylation sites (tertiary alicyclic amines) is 1. The third-order valence-electron chi connectivity index (χ3n) is 5.10. The van der Waals surface area contributed by atoms with E-state index in [9.17, 15) is 4.79 Å². The Morgan fingerprint density at radius 2 is 1.96 bits per heavy atom. The van der Waals surface area contributed by atoms with Crippen molar-refractivity contribution in [2.45, 2.75) is 18.8 Å². The number of carbonyl (C=O) groups excluding carboxylic acids is 1. The number of hydrogen-bond acceptors (Lipinski definition) is 3. The topological polar surface area (TPSA) is 42.4 Å². The maximum absolute atomic E-state index is 12.9. The number of rotatable bonds is 3. The van der Waals surface area contributed by atoms with Crippen LogP contribution >= 0.6 is 0 Å². The van der Waals surface area contributed by atoms with Gasteiger partial charge in [0.2, 0.25) is 0 Å². The van der Waals surface area contributed by atoms with Gasteiger partial charge in [-0.3, -0.25) is 9.78 Å². The van der Waals surface area contributed by atoms with E-state index in [1.54, 1.807) is 13.2 Å². The second-order valence-corrected chi connectivity index (χ2v) is 6.78. The Bertz CT molecular complexity index is 938. The van der Waals surface area contributed by atoms with Crippen LogP contribution in [0.1, 0.15) is 34.8 Å². The summed E-state index contributed by atoms with van der Waals surface area (Å²) in [6, 6.07) is 17.8. The molecule has 1 aliphatic heterocycles. The summed E-state index contributed by atoms with van der Waals surface area (Å²) >= 11 is 0. The number of methoxy groups -OCH3 is 1. The van der Waals surface area contributed by atoms with E-state index in [2.05, 4.69) is 23.2 Å². The molecule has 0 radical (unpaired) electrons. The van der Waals surface area contributed by atoms with Crippen LogP contribution in [0.2, 0.25) is 0 Å². The molecule has 1 amide bonds. The maximum Gasteiger partial charge on any atom is 0.254 e. The number of pyridine rings is 1. The fourth-order valence-electron chi connectivity index (χ4n) is 3.67. The molecule has 0 aliphatic carbocycles. The summed E-state index contributed by atoms with van der Waals surface area (Å²) in [5.74, 6) is 1.05. The zero-order chi connectivity index (χ0) is 17.9. The molecule has 0 saturated carbocycles. The van der Waals surface area contributed by atoms with E-state index in [1.807, 2.05) is 41.4 Å². The van der Waals surface area contributed by atoms with Crippen molar-refractivity contribution in [3.05, 3.63) is 72.1 Å². The molecule has 4 rings (SSSR count). The molecule has 0 N–H and O–H groups in total.